The summed E-state index contributed by atoms with van der Waals surface area (Å²) in [7, 11) is 2.16. The maximum absolute atomic E-state index is 6.14. The van der Waals surface area contributed by atoms with Crippen molar-refractivity contribution in [2.24, 2.45) is 5.92 Å². The summed E-state index contributed by atoms with van der Waals surface area (Å²) in [6.07, 6.45) is 2.33. The van der Waals surface area contributed by atoms with Gasteiger partial charge in [0.15, 0.2) is 0 Å². The number of benzene rings is 1. The van der Waals surface area contributed by atoms with Crippen LogP contribution in [-0.2, 0) is 11.3 Å². The molecule has 2 N–H and O–H groups in total. The van der Waals surface area contributed by atoms with Gasteiger partial charge < -0.3 is 15.4 Å². The number of nitrogens with two attached hydrogens (primary N) is 1. The highest BCUT2D eigenvalue weighted by Gasteiger charge is 2.16. The number of aromatic nitrogens is 1. The lowest BCUT2D eigenvalue weighted by atomic mass is 10.00. The van der Waals surface area contributed by atoms with Crippen LogP contribution in [0.25, 0.3) is 10.9 Å². The van der Waals surface area contributed by atoms with E-state index in [0.717, 1.165) is 67.3 Å². The van der Waals surface area contributed by atoms with Gasteiger partial charge in [0.2, 0.25) is 0 Å². The largest absolute Gasteiger partial charge is 0.398 e. The lowest BCUT2D eigenvalue weighted by Crippen LogP contribution is -2.29. The molecule has 0 saturated carbocycles. The number of anilines is 1. The van der Waals surface area contributed by atoms with E-state index < -0.39 is 0 Å². The average molecular weight is 285 g/mol. The number of ether oxygens (including phenoxy) is 1. The Bertz CT molecular complexity index is 608. The van der Waals surface area contributed by atoms with Gasteiger partial charge >= 0.3 is 0 Å². The summed E-state index contributed by atoms with van der Waals surface area (Å²) in [5.74, 6) is 0.738. The summed E-state index contributed by atoms with van der Waals surface area (Å²) < 4.78 is 5.42. The van der Waals surface area contributed by atoms with E-state index in [-0.39, 0.29) is 0 Å². The van der Waals surface area contributed by atoms with Crippen LogP contribution < -0.4 is 5.73 Å². The first kappa shape index (κ1) is 14.3. The number of hydrogen-bond donors (Lipinski definition) is 1. The van der Waals surface area contributed by atoms with Gasteiger partial charge in [0.1, 0.15) is 0 Å². The lowest BCUT2D eigenvalue weighted by molar-refractivity contribution is 0.0548. The molecule has 1 aromatic carbocycles. The van der Waals surface area contributed by atoms with Crippen molar-refractivity contribution in [1.82, 2.24) is 9.88 Å². The summed E-state index contributed by atoms with van der Waals surface area (Å²) in [6, 6.07) is 10.0. The van der Waals surface area contributed by atoms with Crippen LogP contribution in [-0.4, -0.2) is 36.7 Å². The van der Waals surface area contributed by atoms with E-state index >= 15 is 0 Å². The normalized spacial score (nSPS) is 16.7. The molecule has 1 fully saturated rings. The smallest absolute Gasteiger partial charge is 0.0726 e. The summed E-state index contributed by atoms with van der Waals surface area (Å²) in [4.78, 5) is 7.06. The van der Waals surface area contributed by atoms with Crippen LogP contribution in [0.1, 0.15) is 18.5 Å². The number of nitrogen functional groups attached to an aromatic ring is 1. The second-order valence-corrected chi connectivity index (χ2v) is 5.97. The summed E-state index contributed by atoms with van der Waals surface area (Å²) in [5.41, 5.74) is 8.98. The molecule has 1 aliphatic rings. The molecule has 2 heterocycles. The predicted octanol–water partition coefficient (Wildman–Crippen LogP) is 2.68. The molecule has 1 aromatic heterocycles. The molecule has 0 atom stereocenters. The molecule has 0 radical (unpaired) electrons. The first-order valence-electron chi connectivity index (χ1n) is 7.63. The van der Waals surface area contributed by atoms with Crippen molar-refractivity contribution in [1.29, 1.82) is 0 Å². The Balaban J connectivity index is 1.69. The fourth-order valence-corrected chi connectivity index (χ4v) is 3.05. The third kappa shape index (κ3) is 3.52. The lowest BCUT2D eigenvalue weighted by Gasteiger charge is -2.27. The fraction of sp³-hybridized carbons (Fsp3) is 0.471. The van der Waals surface area contributed by atoms with E-state index in [4.69, 9.17) is 15.5 Å². The van der Waals surface area contributed by atoms with Gasteiger partial charge in [0.05, 0.1) is 11.2 Å². The Kier molecular flexibility index (Phi) is 4.36. The molecule has 2 aromatic rings. The summed E-state index contributed by atoms with van der Waals surface area (Å²) in [5, 5.41) is 1.04. The second-order valence-electron chi connectivity index (χ2n) is 5.97. The molecule has 0 spiro atoms. The minimum atomic E-state index is 0.738. The molecule has 0 unspecified atom stereocenters. The third-order valence-electron chi connectivity index (χ3n) is 4.14. The number of pyridine rings is 1. The van der Waals surface area contributed by atoms with Crippen molar-refractivity contribution in [3.63, 3.8) is 0 Å². The van der Waals surface area contributed by atoms with E-state index in [1.807, 2.05) is 30.3 Å². The van der Waals surface area contributed by atoms with Gasteiger partial charge in [-0.15, -0.1) is 0 Å². The van der Waals surface area contributed by atoms with Gasteiger partial charge in [-0.3, -0.25) is 4.98 Å². The zero-order chi connectivity index (χ0) is 14.7. The third-order valence-corrected chi connectivity index (χ3v) is 4.14. The number of fused-ring (bicyclic) bond motifs is 1. The number of rotatable bonds is 4. The van der Waals surface area contributed by atoms with E-state index in [1.54, 1.807) is 0 Å². The van der Waals surface area contributed by atoms with Gasteiger partial charge in [-0.2, -0.15) is 0 Å². The molecule has 3 rings (SSSR count). The van der Waals surface area contributed by atoms with E-state index in [9.17, 15) is 0 Å². The van der Waals surface area contributed by atoms with Crippen molar-refractivity contribution >= 4 is 16.6 Å². The van der Waals surface area contributed by atoms with Crippen molar-refractivity contribution in [2.75, 3.05) is 32.5 Å². The highest BCUT2D eigenvalue weighted by atomic mass is 16.5. The van der Waals surface area contributed by atoms with Crippen LogP contribution in [0.5, 0.6) is 0 Å². The van der Waals surface area contributed by atoms with E-state index in [2.05, 4.69) is 11.9 Å². The zero-order valence-electron chi connectivity index (χ0n) is 12.6. The second kappa shape index (κ2) is 6.41. The molecular weight excluding hydrogens is 262 g/mol. The summed E-state index contributed by atoms with van der Waals surface area (Å²) in [6.45, 7) is 3.74. The Morgan fingerprint density at radius 3 is 2.86 bits per heavy atom. The topological polar surface area (TPSA) is 51.4 Å². The fourth-order valence-electron chi connectivity index (χ4n) is 3.05. The maximum atomic E-state index is 6.14. The molecule has 0 aliphatic carbocycles. The highest BCUT2D eigenvalue weighted by molar-refractivity contribution is 5.90. The molecule has 1 aliphatic heterocycles. The predicted molar refractivity (Wildman–Crippen MR) is 86.0 cm³/mol. The molecule has 4 nitrogen and oxygen atoms in total. The quantitative estimate of drug-likeness (QED) is 0.938. The van der Waals surface area contributed by atoms with Crippen molar-refractivity contribution < 1.29 is 4.74 Å². The Morgan fingerprint density at radius 2 is 2.05 bits per heavy atom. The standard InChI is InChI=1S/C17H23N3O/c1-20(11-13-6-8-21-9-7-13)12-14-10-16(18)15-4-2-3-5-17(15)19-14/h2-5,10,13H,6-9,11-12H2,1H3,(H2,18,19). The summed E-state index contributed by atoms with van der Waals surface area (Å²) >= 11 is 0. The number of nitrogens with zero attached hydrogens (tertiary/aromatic N) is 2. The number of hydrogen-bond acceptors (Lipinski definition) is 4. The van der Waals surface area contributed by atoms with Crippen LogP contribution >= 0.6 is 0 Å². The Hall–Kier alpha value is -1.65. The van der Waals surface area contributed by atoms with Gasteiger partial charge in [0.25, 0.3) is 0 Å². The van der Waals surface area contributed by atoms with Crippen LogP contribution in [0.4, 0.5) is 5.69 Å². The first-order chi connectivity index (χ1) is 10.2. The molecule has 0 amide bonds. The molecule has 112 valence electrons. The van der Waals surface area contributed by atoms with Crippen LogP contribution in [0, 0.1) is 5.92 Å². The van der Waals surface area contributed by atoms with Gasteiger partial charge in [-0.1, -0.05) is 18.2 Å². The first-order valence-corrected chi connectivity index (χ1v) is 7.63. The van der Waals surface area contributed by atoms with E-state index in [1.165, 1.54) is 0 Å². The molecule has 0 bridgehead atoms. The highest BCUT2D eigenvalue weighted by Crippen LogP contribution is 2.21. The SMILES string of the molecule is CN(Cc1cc(N)c2ccccc2n1)CC1CCOCC1. The van der Waals surface area contributed by atoms with Crippen LogP contribution in [0.3, 0.4) is 0 Å². The Labute approximate surface area is 125 Å². The van der Waals surface area contributed by atoms with E-state index in [0.29, 0.717) is 0 Å². The average Bonchev–Trinajstić information content (AvgIpc) is 2.48. The maximum Gasteiger partial charge on any atom is 0.0726 e. The van der Waals surface area contributed by atoms with Crippen LogP contribution in [0.2, 0.25) is 0 Å². The molecule has 21 heavy (non-hydrogen) atoms. The monoisotopic (exact) mass is 285 g/mol. The minimum Gasteiger partial charge on any atom is -0.398 e. The van der Waals surface area contributed by atoms with Crippen molar-refractivity contribution in [3.8, 4) is 0 Å². The Morgan fingerprint density at radius 1 is 1.29 bits per heavy atom. The van der Waals surface area contributed by atoms with Crippen molar-refractivity contribution in [3.05, 3.63) is 36.0 Å². The number of para-hydroxylation sites is 1. The van der Waals surface area contributed by atoms with Crippen LogP contribution in [0.15, 0.2) is 30.3 Å². The zero-order valence-corrected chi connectivity index (χ0v) is 12.6. The molecule has 1 saturated heterocycles. The molecule has 4 heteroatoms. The van der Waals surface area contributed by atoms with Gasteiger partial charge in [-0.05, 0) is 37.9 Å². The molecular formula is C17H23N3O. The van der Waals surface area contributed by atoms with Gasteiger partial charge in [-0.25, -0.2) is 0 Å². The van der Waals surface area contributed by atoms with Crippen molar-refractivity contribution in [2.45, 2.75) is 19.4 Å². The van der Waals surface area contributed by atoms with Gasteiger partial charge in [0, 0.05) is 37.4 Å². The minimum absolute atomic E-state index is 0.738.